The van der Waals surface area contributed by atoms with E-state index in [-0.39, 0.29) is 16.5 Å². The Bertz CT molecular complexity index is 764. The van der Waals surface area contributed by atoms with Crippen molar-refractivity contribution in [2.75, 3.05) is 0 Å². The Kier molecular flexibility index (Phi) is 2.43. The molecule has 0 unspecified atom stereocenters. The fourth-order valence-corrected chi connectivity index (χ4v) is 6.09. The first-order chi connectivity index (χ1) is 11.1. The molecule has 4 atom stereocenters. The van der Waals surface area contributed by atoms with E-state index in [0.29, 0.717) is 11.8 Å². The van der Waals surface area contributed by atoms with Crippen molar-refractivity contribution < 1.29 is 4.42 Å². The Labute approximate surface area is 136 Å². The van der Waals surface area contributed by atoms with E-state index in [1.165, 1.54) is 24.8 Å². The number of rotatable bonds is 2. The van der Waals surface area contributed by atoms with E-state index in [1.807, 2.05) is 6.07 Å². The molecule has 1 aromatic heterocycles. The fourth-order valence-electron chi connectivity index (χ4n) is 6.09. The molecule has 1 aromatic carbocycles. The van der Waals surface area contributed by atoms with E-state index in [9.17, 15) is 0 Å². The quantitative estimate of drug-likeness (QED) is 0.742. The molecule has 3 heteroatoms. The van der Waals surface area contributed by atoms with Gasteiger partial charge in [-0.05, 0) is 42.4 Å². The molecule has 3 nitrogen and oxygen atoms in total. The monoisotopic (exact) mass is 306 g/mol. The summed E-state index contributed by atoms with van der Waals surface area (Å²) >= 11 is 0. The van der Waals surface area contributed by atoms with Gasteiger partial charge in [0.1, 0.15) is 16.8 Å². The minimum absolute atomic E-state index is 0.0883. The highest BCUT2D eigenvalue weighted by Gasteiger charge is 2.79. The van der Waals surface area contributed by atoms with Crippen LogP contribution in [0.1, 0.15) is 44.4 Å². The van der Waals surface area contributed by atoms with Crippen molar-refractivity contribution in [2.24, 2.45) is 27.5 Å². The Morgan fingerprint density at radius 3 is 2.30 bits per heavy atom. The van der Waals surface area contributed by atoms with Crippen molar-refractivity contribution >= 4 is 0 Å². The van der Waals surface area contributed by atoms with Gasteiger partial charge in [0.15, 0.2) is 0 Å². The summed E-state index contributed by atoms with van der Waals surface area (Å²) in [4.78, 5) is 0. The van der Waals surface area contributed by atoms with Gasteiger partial charge < -0.3 is 4.42 Å². The molecule has 1 aliphatic heterocycles. The predicted octanol–water partition coefficient (Wildman–Crippen LogP) is 5.29. The van der Waals surface area contributed by atoms with Gasteiger partial charge in [-0.3, -0.25) is 0 Å². The summed E-state index contributed by atoms with van der Waals surface area (Å²) in [5.74, 6) is 2.09. The van der Waals surface area contributed by atoms with Crippen molar-refractivity contribution in [2.45, 2.75) is 44.2 Å². The van der Waals surface area contributed by atoms with Crippen LogP contribution in [-0.2, 0) is 11.1 Å². The normalized spacial score (nSPS) is 39.7. The lowest BCUT2D eigenvalue weighted by atomic mass is 9.62. The number of furan rings is 1. The van der Waals surface area contributed by atoms with Gasteiger partial charge in [-0.25, -0.2) is 0 Å². The van der Waals surface area contributed by atoms with Crippen LogP contribution in [0.3, 0.4) is 0 Å². The Hall–Kier alpha value is -1.90. The van der Waals surface area contributed by atoms with E-state index >= 15 is 0 Å². The molecule has 0 spiro atoms. The van der Waals surface area contributed by atoms with Gasteiger partial charge in [-0.15, -0.1) is 0 Å². The molecule has 2 saturated carbocycles. The maximum Gasteiger partial charge on any atom is 0.150 e. The molecule has 2 fully saturated rings. The molecule has 2 bridgehead atoms. The molecular formula is C20H22N2O. The van der Waals surface area contributed by atoms with Crippen LogP contribution in [0, 0.1) is 17.3 Å². The number of benzene rings is 1. The third kappa shape index (κ3) is 1.27. The van der Waals surface area contributed by atoms with Crippen LogP contribution in [0.25, 0.3) is 0 Å². The number of nitrogens with zero attached hydrogens (tertiary/aromatic N) is 2. The molecular weight excluding hydrogens is 284 g/mol. The molecule has 23 heavy (non-hydrogen) atoms. The second-order valence-corrected chi connectivity index (χ2v) is 7.84. The molecule has 3 aliphatic rings. The van der Waals surface area contributed by atoms with Gasteiger partial charge in [-0.2, -0.15) is 10.2 Å². The van der Waals surface area contributed by atoms with Crippen LogP contribution in [0.2, 0.25) is 0 Å². The lowest BCUT2D eigenvalue weighted by Gasteiger charge is -2.40. The molecule has 2 heterocycles. The molecule has 118 valence electrons. The van der Waals surface area contributed by atoms with Gasteiger partial charge >= 0.3 is 0 Å². The Morgan fingerprint density at radius 1 is 0.913 bits per heavy atom. The van der Waals surface area contributed by atoms with Gasteiger partial charge in [-0.1, -0.05) is 50.6 Å². The molecule has 0 radical (unpaired) electrons. The summed E-state index contributed by atoms with van der Waals surface area (Å²) in [5, 5.41) is 9.95. The minimum atomic E-state index is -0.312. The number of azo groups is 1. The van der Waals surface area contributed by atoms with Crippen molar-refractivity contribution in [3.63, 3.8) is 0 Å². The number of fused-ring (bicyclic) bond motifs is 5. The second-order valence-electron chi connectivity index (χ2n) is 7.84. The number of hydrogen-bond donors (Lipinski definition) is 0. The highest BCUT2D eigenvalue weighted by atomic mass is 16.3. The number of hydrogen-bond acceptors (Lipinski definition) is 3. The maximum absolute atomic E-state index is 5.91. The molecule has 0 N–H and O–H groups in total. The zero-order valence-corrected chi connectivity index (χ0v) is 13.7. The lowest BCUT2D eigenvalue weighted by molar-refractivity contribution is 0.121. The zero-order chi connectivity index (χ0) is 15.7. The average Bonchev–Trinajstić information content (AvgIpc) is 3.30. The van der Waals surface area contributed by atoms with Crippen LogP contribution in [0.5, 0.6) is 0 Å². The minimum Gasteiger partial charge on any atom is -0.467 e. The van der Waals surface area contributed by atoms with Crippen LogP contribution in [0.15, 0.2) is 63.4 Å². The first kappa shape index (κ1) is 13.5. The molecule has 0 amide bonds. The van der Waals surface area contributed by atoms with Crippen molar-refractivity contribution in [3.05, 3.63) is 60.1 Å². The summed E-state index contributed by atoms with van der Waals surface area (Å²) in [6.07, 6.45) is 5.51. The summed E-state index contributed by atoms with van der Waals surface area (Å²) in [6.45, 7) is 4.70. The SMILES string of the molecule is CC1(C)[C@]2(c3ccco3)N=N[C@@]1(c1ccccc1)[C@H]1CCC[C@H]12. The molecule has 2 aliphatic carbocycles. The van der Waals surface area contributed by atoms with Gasteiger partial charge in [0.05, 0.1) is 6.26 Å². The van der Waals surface area contributed by atoms with Crippen molar-refractivity contribution in [1.82, 2.24) is 0 Å². The van der Waals surface area contributed by atoms with Gasteiger partial charge in [0.25, 0.3) is 0 Å². The van der Waals surface area contributed by atoms with Crippen LogP contribution in [-0.4, -0.2) is 0 Å². The zero-order valence-electron chi connectivity index (χ0n) is 13.7. The second kappa shape index (κ2) is 4.14. The molecule has 5 rings (SSSR count). The highest BCUT2D eigenvalue weighted by molar-refractivity contribution is 5.42. The fraction of sp³-hybridized carbons (Fsp3) is 0.500. The van der Waals surface area contributed by atoms with Crippen molar-refractivity contribution in [3.8, 4) is 0 Å². The van der Waals surface area contributed by atoms with Crippen molar-refractivity contribution in [1.29, 1.82) is 0 Å². The summed E-state index contributed by atoms with van der Waals surface area (Å²) < 4.78 is 5.91. The summed E-state index contributed by atoms with van der Waals surface area (Å²) in [5.41, 5.74) is 0.696. The first-order valence-corrected chi connectivity index (χ1v) is 8.68. The topological polar surface area (TPSA) is 37.9 Å². The van der Waals surface area contributed by atoms with Crippen LogP contribution >= 0.6 is 0 Å². The third-order valence-electron chi connectivity index (χ3n) is 6.97. The van der Waals surface area contributed by atoms with Gasteiger partial charge in [0, 0.05) is 5.41 Å². The van der Waals surface area contributed by atoms with E-state index < -0.39 is 0 Å². The first-order valence-electron chi connectivity index (χ1n) is 8.68. The maximum atomic E-state index is 5.91. The average molecular weight is 306 g/mol. The Balaban J connectivity index is 1.81. The largest absolute Gasteiger partial charge is 0.467 e. The smallest absolute Gasteiger partial charge is 0.150 e. The lowest BCUT2D eigenvalue weighted by Crippen LogP contribution is -2.44. The summed E-state index contributed by atoms with van der Waals surface area (Å²) in [7, 11) is 0. The van der Waals surface area contributed by atoms with E-state index in [1.54, 1.807) is 6.26 Å². The van der Waals surface area contributed by atoms with Crippen LogP contribution in [0.4, 0.5) is 0 Å². The summed E-state index contributed by atoms with van der Waals surface area (Å²) in [6, 6.07) is 14.9. The Morgan fingerprint density at radius 2 is 1.61 bits per heavy atom. The van der Waals surface area contributed by atoms with E-state index in [0.717, 1.165) is 5.76 Å². The van der Waals surface area contributed by atoms with Crippen LogP contribution < -0.4 is 0 Å². The highest BCUT2D eigenvalue weighted by Crippen LogP contribution is 2.77. The van der Waals surface area contributed by atoms with Gasteiger partial charge in [0.2, 0.25) is 0 Å². The van der Waals surface area contributed by atoms with E-state index in [2.05, 4.69) is 50.2 Å². The standard InChI is InChI=1S/C20H22N2O/c1-18(2)19(14-8-4-3-5-9-14)15-10-6-11-16(15)20(18,22-21-19)17-12-7-13-23-17/h3-5,7-9,12-13,15-16H,6,10-11H2,1-2H3/t15-,16+,19-,20-/m0/s1. The predicted molar refractivity (Wildman–Crippen MR) is 88.0 cm³/mol. The third-order valence-corrected chi connectivity index (χ3v) is 6.97. The van der Waals surface area contributed by atoms with E-state index in [4.69, 9.17) is 14.6 Å². The molecule has 0 saturated heterocycles. The molecule has 2 aromatic rings.